The van der Waals surface area contributed by atoms with Gasteiger partial charge in [0.05, 0.1) is 34.3 Å². The number of amides is 2. The molecule has 0 aliphatic carbocycles. The normalized spacial score (nSPS) is 14.2. The first-order chi connectivity index (χ1) is 16.7. The highest BCUT2D eigenvalue weighted by molar-refractivity contribution is 7.20. The first-order valence-electron chi connectivity index (χ1n) is 11.1. The fourth-order valence-corrected chi connectivity index (χ4v) is 5.11. The van der Waals surface area contributed by atoms with E-state index < -0.39 is 16.4 Å². The minimum Gasteiger partial charge on any atom is -0.495 e. The highest BCUT2D eigenvalue weighted by Crippen LogP contribution is 2.32. The number of nitrogens with one attached hydrogen (secondary N) is 1. The maximum absolute atomic E-state index is 13.2. The number of ether oxygens (including phenoxy) is 1. The number of anilines is 1. The number of aromatic nitrogens is 2. The van der Waals surface area contributed by atoms with E-state index in [9.17, 15) is 24.5 Å². The number of thiophene rings is 1. The number of fused-ring (bicyclic) bond motifs is 1. The van der Waals surface area contributed by atoms with Gasteiger partial charge in [0.2, 0.25) is 5.91 Å². The molecular weight excluding hydrogens is 474 g/mol. The van der Waals surface area contributed by atoms with E-state index in [2.05, 4.69) is 17.2 Å². The van der Waals surface area contributed by atoms with Gasteiger partial charge in [-0.15, -0.1) is 11.3 Å². The second kappa shape index (κ2) is 9.82. The number of aryl methyl sites for hydroxylation is 1. The van der Waals surface area contributed by atoms with Crippen LogP contribution in [0.2, 0.25) is 0 Å². The van der Waals surface area contributed by atoms with Gasteiger partial charge in [0.15, 0.2) is 0 Å². The summed E-state index contributed by atoms with van der Waals surface area (Å²) in [7, 11) is 1.39. The molecule has 3 aromatic rings. The maximum atomic E-state index is 13.2. The fraction of sp³-hybridized carbons (Fsp3) is 0.391. The summed E-state index contributed by atoms with van der Waals surface area (Å²) in [5.41, 5.74) is -0.0330. The number of benzene rings is 1. The second-order valence-electron chi connectivity index (χ2n) is 8.57. The summed E-state index contributed by atoms with van der Waals surface area (Å²) in [6.45, 7) is 5.03. The van der Waals surface area contributed by atoms with E-state index in [1.807, 2.05) is 0 Å². The van der Waals surface area contributed by atoms with Crippen LogP contribution in [0.3, 0.4) is 0 Å². The summed E-state index contributed by atoms with van der Waals surface area (Å²) in [4.78, 5) is 56.2. The van der Waals surface area contributed by atoms with E-state index in [1.165, 1.54) is 36.2 Å². The number of rotatable bonds is 6. The highest BCUT2D eigenvalue weighted by atomic mass is 32.1. The Morgan fingerprint density at radius 2 is 2.03 bits per heavy atom. The van der Waals surface area contributed by atoms with Crippen molar-refractivity contribution in [2.45, 2.75) is 33.2 Å². The third-order valence-electron chi connectivity index (χ3n) is 6.21. The monoisotopic (exact) mass is 499 g/mol. The van der Waals surface area contributed by atoms with Gasteiger partial charge in [0, 0.05) is 25.2 Å². The molecule has 2 aromatic heterocycles. The van der Waals surface area contributed by atoms with Crippen LogP contribution in [-0.2, 0) is 11.3 Å². The molecule has 11 nitrogen and oxygen atoms in total. The van der Waals surface area contributed by atoms with Gasteiger partial charge in [-0.3, -0.25) is 29.1 Å². The van der Waals surface area contributed by atoms with Crippen LogP contribution in [0.4, 0.5) is 11.4 Å². The predicted molar refractivity (Wildman–Crippen MR) is 131 cm³/mol. The van der Waals surface area contributed by atoms with Crippen molar-refractivity contribution in [3.8, 4) is 5.75 Å². The molecule has 35 heavy (non-hydrogen) atoms. The molecule has 1 aliphatic rings. The average molecular weight is 500 g/mol. The molecule has 2 amide bonds. The number of carbonyl (C=O) groups is 2. The Balaban J connectivity index is 1.60. The Bertz CT molecular complexity index is 1370. The van der Waals surface area contributed by atoms with E-state index in [-0.39, 0.29) is 39.8 Å². The van der Waals surface area contributed by atoms with Gasteiger partial charge in [0.1, 0.15) is 17.1 Å². The molecular formula is C23H25N5O6S. The quantitative estimate of drug-likeness (QED) is 0.406. The number of non-ortho nitro benzene ring substituents is 1. The largest absolute Gasteiger partial charge is 0.495 e. The maximum Gasteiger partial charge on any atom is 0.271 e. The van der Waals surface area contributed by atoms with Crippen molar-refractivity contribution in [3.05, 3.63) is 55.4 Å². The van der Waals surface area contributed by atoms with Gasteiger partial charge < -0.3 is 15.0 Å². The molecule has 0 spiro atoms. The van der Waals surface area contributed by atoms with Crippen LogP contribution in [-0.4, -0.2) is 51.4 Å². The lowest BCUT2D eigenvalue weighted by Gasteiger charge is -2.30. The number of piperidine rings is 1. The van der Waals surface area contributed by atoms with Gasteiger partial charge in [-0.25, -0.2) is 4.98 Å². The summed E-state index contributed by atoms with van der Waals surface area (Å²) in [5.74, 6) is 0.158. The van der Waals surface area contributed by atoms with Gasteiger partial charge in [0.25, 0.3) is 17.2 Å². The van der Waals surface area contributed by atoms with Crippen LogP contribution in [0.25, 0.3) is 10.2 Å². The number of carbonyl (C=O) groups excluding carboxylic acids is 2. The van der Waals surface area contributed by atoms with Gasteiger partial charge >= 0.3 is 0 Å². The minimum absolute atomic E-state index is 0.113. The van der Waals surface area contributed by atoms with Crippen molar-refractivity contribution in [2.24, 2.45) is 5.92 Å². The molecule has 1 aliphatic heterocycles. The Hall–Kier alpha value is -3.80. The second-order valence-corrected chi connectivity index (χ2v) is 9.57. The Morgan fingerprint density at radius 3 is 2.69 bits per heavy atom. The predicted octanol–water partition coefficient (Wildman–Crippen LogP) is 3.19. The zero-order valence-electron chi connectivity index (χ0n) is 19.6. The molecule has 0 bridgehead atoms. The van der Waals surface area contributed by atoms with Crippen molar-refractivity contribution in [1.29, 1.82) is 0 Å². The SMILES string of the molecule is COc1ccc([N+](=O)[O-])cc1NC(=O)c1sc2ncn(CC(=O)N3CCC(C)CC3)c(=O)c2c1C. The summed E-state index contributed by atoms with van der Waals surface area (Å²) in [5, 5.41) is 14.0. The zero-order valence-corrected chi connectivity index (χ0v) is 20.4. The smallest absolute Gasteiger partial charge is 0.271 e. The molecule has 0 radical (unpaired) electrons. The first-order valence-corrected chi connectivity index (χ1v) is 11.9. The van der Waals surface area contributed by atoms with Crippen LogP contribution in [0.5, 0.6) is 5.75 Å². The van der Waals surface area contributed by atoms with Crippen LogP contribution in [0, 0.1) is 23.0 Å². The fourth-order valence-electron chi connectivity index (χ4n) is 4.08. The molecule has 1 N–H and O–H groups in total. The summed E-state index contributed by atoms with van der Waals surface area (Å²) in [6, 6.07) is 3.88. The van der Waals surface area contributed by atoms with Crippen molar-refractivity contribution < 1.29 is 19.2 Å². The van der Waals surface area contributed by atoms with Crippen LogP contribution in [0.1, 0.15) is 35.0 Å². The van der Waals surface area contributed by atoms with Crippen LogP contribution < -0.4 is 15.6 Å². The Kier molecular flexibility index (Phi) is 6.83. The summed E-state index contributed by atoms with van der Waals surface area (Å²) < 4.78 is 6.47. The van der Waals surface area contributed by atoms with E-state index in [0.29, 0.717) is 29.4 Å². The molecule has 1 fully saturated rings. The first kappa shape index (κ1) is 24.3. The van der Waals surface area contributed by atoms with E-state index in [4.69, 9.17) is 4.74 Å². The van der Waals surface area contributed by atoms with Crippen LogP contribution >= 0.6 is 11.3 Å². The number of hydrogen-bond acceptors (Lipinski definition) is 8. The molecule has 1 aromatic carbocycles. The number of hydrogen-bond donors (Lipinski definition) is 1. The van der Waals surface area contributed by atoms with Gasteiger partial charge in [-0.1, -0.05) is 6.92 Å². The van der Waals surface area contributed by atoms with Crippen molar-refractivity contribution in [1.82, 2.24) is 14.5 Å². The van der Waals surface area contributed by atoms with E-state index in [0.717, 1.165) is 24.2 Å². The van der Waals surface area contributed by atoms with Crippen molar-refractivity contribution >= 4 is 44.7 Å². The molecule has 0 saturated carbocycles. The third kappa shape index (κ3) is 4.87. The molecule has 1 saturated heterocycles. The Labute approximate surface area is 204 Å². The number of nitro groups is 1. The molecule has 3 heterocycles. The lowest BCUT2D eigenvalue weighted by atomic mass is 9.99. The van der Waals surface area contributed by atoms with E-state index in [1.54, 1.807) is 11.8 Å². The number of likely N-dealkylation sites (tertiary alicyclic amines) is 1. The van der Waals surface area contributed by atoms with Gasteiger partial charge in [-0.2, -0.15) is 0 Å². The number of nitrogens with zero attached hydrogens (tertiary/aromatic N) is 4. The molecule has 0 atom stereocenters. The minimum atomic E-state index is -0.571. The Morgan fingerprint density at radius 1 is 1.31 bits per heavy atom. The van der Waals surface area contributed by atoms with Crippen LogP contribution in [0.15, 0.2) is 29.3 Å². The molecule has 4 rings (SSSR count). The highest BCUT2D eigenvalue weighted by Gasteiger charge is 2.24. The topological polar surface area (TPSA) is 137 Å². The average Bonchev–Trinajstić information content (AvgIpc) is 3.18. The summed E-state index contributed by atoms with van der Waals surface area (Å²) in [6.07, 6.45) is 3.21. The molecule has 12 heteroatoms. The van der Waals surface area contributed by atoms with Crippen molar-refractivity contribution in [2.75, 3.05) is 25.5 Å². The third-order valence-corrected chi connectivity index (χ3v) is 7.41. The number of methoxy groups -OCH3 is 1. The lowest BCUT2D eigenvalue weighted by Crippen LogP contribution is -2.41. The summed E-state index contributed by atoms with van der Waals surface area (Å²) >= 11 is 1.04. The molecule has 0 unspecified atom stereocenters. The zero-order chi connectivity index (χ0) is 25.3. The van der Waals surface area contributed by atoms with Crippen molar-refractivity contribution in [3.63, 3.8) is 0 Å². The lowest BCUT2D eigenvalue weighted by molar-refractivity contribution is -0.384. The molecule has 184 valence electrons. The van der Waals surface area contributed by atoms with Gasteiger partial charge in [-0.05, 0) is 37.3 Å². The van der Waals surface area contributed by atoms with E-state index >= 15 is 0 Å². The number of nitro benzene ring substituents is 1. The standard InChI is InChI=1S/C23H25N5O6S/c1-13-6-8-26(9-7-13)18(29)11-27-12-24-22-19(23(27)31)14(2)20(35-22)21(30)25-16-10-15(28(32)33)4-5-17(16)34-3/h4-5,10,12-13H,6-9,11H2,1-3H3,(H,25,30).